The second kappa shape index (κ2) is 5.57. The average molecular weight is 313 g/mol. The summed E-state index contributed by atoms with van der Waals surface area (Å²) in [6, 6.07) is 9.76. The maximum atomic E-state index is 13.3. The Hall–Kier alpha value is -3.15. The van der Waals surface area contributed by atoms with E-state index >= 15 is 0 Å². The van der Waals surface area contributed by atoms with Gasteiger partial charge in [-0.25, -0.2) is 9.18 Å². The lowest BCUT2D eigenvalue weighted by Crippen LogP contribution is -2.13. The largest absolute Gasteiger partial charge is 0.507 e. The fraction of sp³-hybridized carbons (Fsp3) is 0.0588. The molecule has 0 saturated carbocycles. The number of hydrogen-bond donors (Lipinski definition) is 3. The lowest BCUT2D eigenvalue weighted by atomic mass is 10.0. The van der Waals surface area contributed by atoms with E-state index in [0.717, 1.165) is 0 Å². The Morgan fingerprint density at radius 3 is 2.65 bits per heavy atom. The van der Waals surface area contributed by atoms with Crippen molar-refractivity contribution >= 4 is 16.9 Å². The van der Waals surface area contributed by atoms with E-state index in [1.165, 1.54) is 36.4 Å². The number of nitrogens with one attached hydrogen (secondary N) is 1. The summed E-state index contributed by atoms with van der Waals surface area (Å²) < 4.78 is 13.3. The third kappa shape index (κ3) is 2.78. The first-order valence-corrected chi connectivity index (χ1v) is 6.81. The molecule has 3 aromatic rings. The Morgan fingerprint density at radius 1 is 1.17 bits per heavy atom. The smallest absolute Gasteiger partial charge is 0.335 e. The van der Waals surface area contributed by atoms with Gasteiger partial charge in [0.05, 0.1) is 16.6 Å². The number of fused-ring (bicyclic) bond motifs is 1. The molecule has 23 heavy (non-hydrogen) atoms. The van der Waals surface area contributed by atoms with E-state index in [9.17, 15) is 19.1 Å². The molecule has 0 amide bonds. The third-order valence-corrected chi connectivity index (χ3v) is 3.60. The molecule has 0 spiro atoms. The Kier molecular flexibility index (Phi) is 3.57. The van der Waals surface area contributed by atoms with Gasteiger partial charge in [-0.05, 0) is 35.9 Å². The van der Waals surface area contributed by atoms with Crippen molar-refractivity contribution in [2.45, 2.75) is 6.42 Å². The number of carboxylic acids is 1. The SMILES string of the molecule is O=C(O)c1ccc2[nH]c(=O)c(Cc3cccc(F)c3)c(O)c2c1. The molecule has 0 fully saturated rings. The highest BCUT2D eigenvalue weighted by molar-refractivity contribution is 5.95. The molecule has 5 nitrogen and oxygen atoms in total. The van der Waals surface area contributed by atoms with Crippen molar-refractivity contribution in [2.24, 2.45) is 0 Å². The fourth-order valence-corrected chi connectivity index (χ4v) is 2.47. The standard InChI is InChI=1S/C17H12FNO4/c18-11-3-1-2-9(6-11)7-13-15(20)12-8-10(17(22)23)4-5-14(12)19-16(13)21/h1-6,8H,7H2,(H,22,23)(H2,19,20,21). The predicted octanol–water partition coefficient (Wildman–Crippen LogP) is 2.66. The Bertz CT molecular complexity index is 978. The number of aromatic carboxylic acids is 1. The molecule has 0 aliphatic heterocycles. The number of hydrogen-bond acceptors (Lipinski definition) is 3. The van der Waals surface area contributed by atoms with E-state index in [4.69, 9.17) is 5.11 Å². The zero-order valence-electron chi connectivity index (χ0n) is 11.8. The highest BCUT2D eigenvalue weighted by Crippen LogP contribution is 2.27. The molecule has 6 heteroatoms. The summed E-state index contributed by atoms with van der Waals surface area (Å²) in [6.45, 7) is 0. The van der Waals surface area contributed by atoms with Crippen LogP contribution in [-0.4, -0.2) is 21.2 Å². The first-order valence-electron chi connectivity index (χ1n) is 6.81. The van der Waals surface area contributed by atoms with Crippen LogP contribution in [-0.2, 0) is 6.42 Å². The lowest BCUT2D eigenvalue weighted by Gasteiger charge is -2.08. The molecule has 0 unspecified atom stereocenters. The van der Waals surface area contributed by atoms with Gasteiger partial charge in [0.25, 0.3) is 5.56 Å². The van der Waals surface area contributed by atoms with Crippen LogP contribution in [0.4, 0.5) is 4.39 Å². The molecular weight excluding hydrogens is 301 g/mol. The molecule has 0 saturated heterocycles. The average Bonchev–Trinajstić information content (AvgIpc) is 2.51. The van der Waals surface area contributed by atoms with Gasteiger partial charge in [-0.15, -0.1) is 0 Å². The van der Waals surface area contributed by atoms with E-state index in [2.05, 4.69) is 4.98 Å². The van der Waals surface area contributed by atoms with E-state index < -0.39 is 17.3 Å². The molecular formula is C17H12FNO4. The molecule has 1 aromatic heterocycles. The minimum Gasteiger partial charge on any atom is -0.507 e. The van der Waals surface area contributed by atoms with Gasteiger partial charge in [0.1, 0.15) is 11.6 Å². The van der Waals surface area contributed by atoms with Gasteiger partial charge < -0.3 is 15.2 Å². The summed E-state index contributed by atoms with van der Waals surface area (Å²) in [6.07, 6.45) is 0.0339. The Balaban J connectivity index is 2.16. The van der Waals surface area contributed by atoms with E-state index in [1.807, 2.05) is 0 Å². The maximum Gasteiger partial charge on any atom is 0.335 e. The summed E-state index contributed by atoms with van der Waals surface area (Å²) in [5.74, 6) is -1.87. The van der Waals surface area contributed by atoms with Crippen LogP contribution in [0.5, 0.6) is 5.75 Å². The molecule has 0 atom stereocenters. The van der Waals surface area contributed by atoms with Crippen LogP contribution < -0.4 is 5.56 Å². The van der Waals surface area contributed by atoms with Gasteiger partial charge in [0, 0.05) is 11.8 Å². The van der Waals surface area contributed by atoms with Crippen LogP contribution in [0.1, 0.15) is 21.5 Å². The number of rotatable bonds is 3. The summed E-state index contributed by atoms with van der Waals surface area (Å²) in [5.41, 5.74) is 0.421. The monoisotopic (exact) mass is 313 g/mol. The minimum atomic E-state index is -1.14. The van der Waals surface area contributed by atoms with Gasteiger partial charge in [-0.3, -0.25) is 4.79 Å². The summed E-state index contributed by atoms with van der Waals surface area (Å²) in [4.78, 5) is 25.8. The van der Waals surface area contributed by atoms with Gasteiger partial charge in [-0.1, -0.05) is 12.1 Å². The van der Waals surface area contributed by atoms with Crippen molar-refractivity contribution in [3.63, 3.8) is 0 Å². The van der Waals surface area contributed by atoms with Gasteiger partial charge in [0.2, 0.25) is 0 Å². The summed E-state index contributed by atoms with van der Waals surface area (Å²) in [7, 11) is 0. The first-order chi connectivity index (χ1) is 11.0. The zero-order valence-corrected chi connectivity index (χ0v) is 11.8. The van der Waals surface area contributed by atoms with Crippen LogP contribution >= 0.6 is 0 Å². The van der Waals surface area contributed by atoms with Crippen LogP contribution in [0, 0.1) is 5.82 Å². The van der Waals surface area contributed by atoms with Crippen molar-refractivity contribution in [1.82, 2.24) is 4.98 Å². The molecule has 0 aliphatic carbocycles. The minimum absolute atomic E-state index is 0.00319. The molecule has 116 valence electrons. The van der Waals surface area contributed by atoms with Crippen LogP contribution in [0.3, 0.4) is 0 Å². The highest BCUT2D eigenvalue weighted by Gasteiger charge is 2.14. The van der Waals surface area contributed by atoms with Crippen LogP contribution in [0.25, 0.3) is 10.9 Å². The van der Waals surface area contributed by atoms with Gasteiger partial charge in [-0.2, -0.15) is 0 Å². The van der Waals surface area contributed by atoms with E-state index in [1.54, 1.807) is 6.07 Å². The maximum absolute atomic E-state index is 13.3. The number of carbonyl (C=O) groups is 1. The van der Waals surface area contributed by atoms with Crippen LogP contribution in [0.2, 0.25) is 0 Å². The second-order valence-electron chi connectivity index (χ2n) is 5.15. The number of benzene rings is 2. The fourth-order valence-electron chi connectivity index (χ4n) is 2.47. The van der Waals surface area contributed by atoms with Crippen molar-refractivity contribution in [1.29, 1.82) is 0 Å². The molecule has 0 radical (unpaired) electrons. The number of pyridine rings is 1. The lowest BCUT2D eigenvalue weighted by molar-refractivity contribution is 0.0697. The van der Waals surface area contributed by atoms with Crippen molar-refractivity contribution in [3.05, 3.63) is 75.3 Å². The van der Waals surface area contributed by atoms with Gasteiger partial charge in [0.15, 0.2) is 0 Å². The highest BCUT2D eigenvalue weighted by atomic mass is 19.1. The third-order valence-electron chi connectivity index (χ3n) is 3.60. The molecule has 2 aromatic carbocycles. The first kappa shape index (κ1) is 14.8. The van der Waals surface area contributed by atoms with Crippen molar-refractivity contribution < 1.29 is 19.4 Å². The Morgan fingerprint density at radius 2 is 1.96 bits per heavy atom. The van der Waals surface area contributed by atoms with Crippen LogP contribution in [0.15, 0.2) is 47.3 Å². The normalized spacial score (nSPS) is 10.8. The number of halogens is 1. The summed E-state index contributed by atoms with van der Waals surface area (Å²) >= 11 is 0. The van der Waals surface area contributed by atoms with Crippen molar-refractivity contribution in [2.75, 3.05) is 0 Å². The quantitative estimate of drug-likeness (QED) is 0.693. The van der Waals surface area contributed by atoms with E-state index in [0.29, 0.717) is 11.1 Å². The van der Waals surface area contributed by atoms with Crippen molar-refractivity contribution in [3.8, 4) is 5.75 Å². The molecule has 0 aliphatic rings. The number of aromatic nitrogens is 1. The number of carboxylic acid groups (broad SMARTS) is 1. The second-order valence-corrected chi connectivity index (χ2v) is 5.15. The van der Waals surface area contributed by atoms with E-state index in [-0.39, 0.29) is 28.7 Å². The zero-order chi connectivity index (χ0) is 16.6. The Labute approximate surface area is 129 Å². The van der Waals surface area contributed by atoms with Gasteiger partial charge >= 0.3 is 5.97 Å². The molecule has 3 rings (SSSR count). The number of H-pyrrole nitrogens is 1. The number of aromatic hydroxyl groups is 1. The topological polar surface area (TPSA) is 90.4 Å². The number of aromatic amines is 1. The predicted molar refractivity (Wildman–Crippen MR) is 82.4 cm³/mol. The molecule has 3 N–H and O–H groups in total. The molecule has 1 heterocycles. The summed E-state index contributed by atoms with van der Waals surface area (Å²) in [5, 5.41) is 19.6. The molecule has 0 bridgehead atoms.